The largest absolute Gasteiger partial charge is 0.477 e. The highest BCUT2D eigenvalue weighted by Crippen LogP contribution is 2.42. The first-order chi connectivity index (χ1) is 13.0. The Balaban J connectivity index is 2.03. The summed E-state index contributed by atoms with van der Waals surface area (Å²) in [6.45, 7) is 0. The van der Waals surface area contributed by atoms with E-state index in [1.165, 1.54) is 4.57 Å². The Morgan fingerprint density at radius 3 is 2.59 bits per heavy atom. The number of rotatable bonds is 1. The molecule has 0 amide bonds. The van der Waals surface area contributed by atoms with Crippen molar-refractivity contribution in [3.05, 3.63) is 76.1 Å². The lowest BCUT2D eigenvalue weighted by Gasteiger charge is -2.26. The van der Waals surface area contributed by atoms with E-state index < -0.39 is 28.6 Å². The molecule has 0 radical (unpaired) electrons. The molecule has 0 saturated carbocycles. The van der Waals surface area contributed by atoms with Crippen LogP contribution in [0.5, 0.6) is 0 Å². The Morgan fingerprint density at radius 2 is 1.81 bits per heavy atom. The first-order valence-corrected chi connectivity index (χ1v) is 8.07. The number of hydrogen-bond donors (Lipinski definition) is 2. The Bertz CT molecular complexity index is 1380. The number of fused-ring (bicyclic) bond motifs is 4. The molecule has 0 saturated heterocycles. The van der Waals surface area contributed by atoms with E-state index in [4.69, 9.17) is 0 Å². The topological polar surface area (TPSA) is 71.3 Å². The van der Waals surface area contributed by atoms with Gasteiger partial charge in [0, 0.05) is 11.6 Å². The summed E-state index contributed by atoms with van der Waals surface area (Å²) in [7, 11) is 0. The van der Waals surface area contributed by atoms with Crippen molar-refractivity contribution in [1.82, 2.24) is 4.57 Å². The molecule has 0 fully saturated rings. The molecule has 0 bridgehead atoms. The molecule has 0 atom stereocenters. The van der Waals surface area contributed by atoms with Crippen LogP contribution in [0.25, 0.3) is 27.4 Å². The summed E-state index contributed by atoms with van der Waals surface area (Å²) in [5.74, 6) is -3.78. The first kappa shape index (κ1) is 15.5. The van der Waals surface area contributed by atoms with Crippen LogP contribution >= 0.6 is 0 Å². The quantitative estimate of drug-likeness (QED) is 0.468. The second-order valence-corrected chi connectivity index (χ2v) is 6.30. The summed E-state index contributed by atoms with van der Waals surface area (Å²) in [6.07, 6.45) is 1.16. The van der Waals surface area contributed by atoms with Crippen LogP contribution in [0.4, 0.5) is 20.2 Å². The minimum atomic E-state index is -1.43. The van der Waals surface area contributed by atoms with E-state index in [-0.39, 0.29) is 16.6 Å². The standard InChI is InChI=1S/C20H10F2N2O3/c21-13-7-11-18-17(15(13)22)23-16-10-4-2-1-3-9(10)5-6-14(16)24(18)8-12(19(11)25)20(26)27/h1-8,23H,(H,26,27). The maximum atomic E-state index is 14.6. The van der Waals surface area contributed by atoms with Gasteiger partial charge in [0.2, 0.25) is 5.43 Å². The van der Waals surface area contributed by atoms with Crippen molar-refractivity contribution in [1.29, 1.82) is 0 Å². The van der Waals surface area contributed by atoms with Gasteiger partial charge in [-0.15, -0.1) is 0 Å². The second-order valence-electron chi connectivity index (χ2n) is 6.30. The average molecular weight is 364 g/mol. The first-order valence-electron chi connectivity index (χ1n) is 8.07. The molecule has 132 valence electrons. The number of aromatic nitrogens is 1. The average Bonchev–Trinajstić information content (AvgIpc) is 2.67. The maximum Gasteiger partial charge on any atom is 0.341 e. The summed E-state index contributed by atoms with van der Waals surface area (Å²) in [6, 6.07) is 11.7. The number of benzene rings is 3. The number of halogens is 2. The van der Waals surface area contributed by atoms with Crippen molar-refractivity contribution in [3.63, 3.8) is 0 Å². The van der Waals surface area contributed by atoms with Crippen molar-refractivity contribution < 1.29 is 18.7 Å². The maximum absolute atomic E-state index is 14.6. The number of anilines is 2. The van der Waals surface area contributed by atoms with Crippen LogP contribution in [0.2, 0.25) is 0 Å². The number of carbonyl (C=O) groups is 1. The Labute approximate surface area is 150 Å². The number of pyridine rings is 1. The SMILES string of the molecule is O=C(O)c1cn2c3c(c(F)c(F)cc3c1=O)Nc1c-2ccc2ccccc12. The summed E-state index contributed by atoms with van der Waals surface area (Å²) in [4.78, 5) is 24.0. The number of nitrogens with one attached hydrogen (secondary N) is 1. The monoisotopic (exact) mass is 364 g/mol. The van der Waals surface area contributed by atoms with E-state index >= 15 is 0 Å². The highest BCUT2D eigenvalue weighted by Gasteiger charge is 2.27. The van der Waals surface area contributed by atoms with Gasteiger partial charge in [-0.3, -0.25) is 4.79 Å². The molecule has 7 heteroatoms. The molecule has 1 aliphatic heterocycles. The van der Waals surface area contributed by atoms with Crippen LogP contribution in [0.1, 0.15) is 10.4 Å². The Kier molecular flexibility index (Phi) is 2.95. The van der Waals surface area contributed by atoms with Gasteiger partial charge in [-0.1, -0.05) is 30.3 Å². The number of carboxylic acid groups (broad SMARTS) is 1. The van der Waals surface area contributed by atoms with Gasteiger partial charge in [0.05, 0.1) is 22.3 Å². The fourth-order valence-corrected chi connectivity index (χ4v) is 3.61. The Morgan fingerprint density at radius 1 is 1.04 bits per heavy atom. The lowest BCUT2D eigenvalue weighted by atomic mass is 10.0. The second kappa shape index (κ2) is 5.14. The predicted octanol–water partition coefficient (Wildman–Crippen LogP) is 4.18. The fraction of sp³-hybridized carbons (Fsp3) is 0. The number of nitrogens with zero attached hydrogens (tertiary/aromatic N) is 1. The van der Waals surface area contributed by atoms with E-state index in [1.54, 1.807) is 6.07 Å². The van der Waals surface area contributed by atoms with Crippen LogP contribution in [0.15, 0.2) is 53.5 Å². The molecular formula is C20H10F2N2O3. The lowest BCUT2D eigenvalue weighted by Crippen LogP contribution is -2.22. The molecule has 27 heavy (non-hydrogen) atoms. The summed E-state index contributed by atoms with van der Waals surface area (Å²) in [5.41, 5.74) is -0.416. The molecule has 0 unspecified atom stereocenters. The predicted molar refractivity (Wildman–Crippen MR) is 97.2 cm³/mol. The fourth-order valence-electron chi connectivity index (χ4n) is 3.61. The third kappa shape index (κ3) is 1.96. The number of aromatic carboxylic acids is 1. The molecule has 1 aliphatic rings. The zero-order valence-corrected chi connectivity index (χ0v) is 13.6. The normalized spacial score (nSPS) is 12.1. The van der Waals surface area contributed by atoms with Crippen molar-refractivity contribution in [2.24, 2.45) is 0 Å². The third-order valence-electron chi connectivity index (χ3n) is 4.83. The molecule has 4 aromatic rings. The number of carboxylic acids is 1. The van der Waals surface area contributed by atoms with E-state index in [1.807, 2.05) is 30.3 Å². The van der Waals surface area contributed by atoms with E-state index in [0.29, 0.717) is 11.4 Å². The molecule has 2 heterocycles. The van der Waals surface area contributed by atoms with Gasteiger partial charge in [0.15, 0.2) is 11.6 Å². The molecule has 1 aromatic heterocycles. The van der Waals surface area contributed by atoms with Crippen LogP contribution < -0.4 is 10.7 Å². The number of hydrogen-bond acceptors (Lipinski definition) is 3. The zero-order valence-electron chi connectivity index (χ0n) is 13.6. The van der Waals surface area contributed by atoms with Gasteiger partial charge in [-0.05, 0) is 17.5 Å². The molecule has 0 aliphatic carbocycles. The molecule has 2 N–H and O–H groups in total. The van der Waals surface area contributed by atoms with Gasteiger partial charge in [-0.25, -0.2) is 13.6 Å². The molecular weight excluding hydrogens is 354 g/mol. The van der Waals surface area contributed by atoms with E-state index in [9.17, 15) is 23.5 Å². The highest BCUT2D eigenvalue weighted by atomic mass is 19.2. The smallest absolute Gasteiger partial charge is 0.341 e. The molecule has 5 rings (SSSR count). The zero-order chi connectivity index (χ0) is 18.9. The highest BCUT2D eigenvalue weighted by molar-refractivity contribution is 6.07. The summed E-state index contributed by atoms with van der Waals surface area (Å²) in [5, 5.41) is 13.7. The van der Waals surface area contributed by atoms with Gasteiger partial charge < -0.3 is 15.0 Å². The van der Waals surface area contributed by atoms with Crippen molar-refractivity contribution in [2.45, 2.75) is 0 Å². The summed E-state index contributed by atoms with van der Waals surface area (Å²) < 4.78 is 30.1. The Hall–Kier alpha value is -3.74. The van der Waals surface area contributed by atoms with E-state index in [0.717, 1.165) is 23.0 Å². The van der Waals surface area contributed by atoms with Crippen molar-refractivity contribution in [3.8, 4) is 5.69 Å². The van der Waals surface area contributed by atoms with E-state index in [2.05, 4.69) is 5.32 Å². The summed E-state index contributed by atoms with van der Waals surface area (Å²) >= 11 is 0. The van der Waals surface area contributed by atoms with Crippen LogP contribution in [0.3, 0.4) is 0 Å². The van der Waals surface area contributed by atoms with Gasteiger partial charge in [0.1, 0.15) is 11.3 Å². The van der Waals surface area contributed by atoms with Crippen molar-refractivity contribution >= 4 is 39.0 Å². The molecule has 0 spiro atoms. The van der Waals surface area contributed by atoms with Gasteiger partial charge >= 0.3 is 5.97 Å². The van der Waals surface area contributed by atoms with Crippen molar-refractivity contribution in [2.75, 3.05) is 5.32 Å². The lowest BCUT2D eigenvalue weighted by molar-refractivity contribution is 0.0695. The van der Waals surface area contributed by atoms with Gasteiger partial charge in [-0.2, -0.15) is 0 Å². The minimum absolute atomic E-state index is 0.103. The van der Waals surface area contributed by atoms with Crippen LogP contribution in [0, 0.1) is 11.6 Å². The van der Waals surface area contributed by atoms with Crippen LogP contribution in [-0.2, 0) is 0 Å². The van der Waals surface area contributed by atoms with Gasteiger partial charge in [0.25, 0.3) is 0 Å². The molecule has 3 aromatic carbocycles. The minimum Gasteiger partial charge on any atom is -0.477 e. The third-order valence-corrected chi connectivity index (χ3v) is 4.83. The molecule has 5 nitrogen and oxygen atoms in total. The van der Waals surface area contributed by atoms with Crippen LogP contribution in [-0.4, -0.2) is 15.6 Å².